The number of hydrogen-bond donors (Lipinski definition) is 3. The first-order valence-corrected chi connectivity index (χ1v) is 8.33. The van der Waals surface area contributed by atoms with Gasteiger partial charge in [0.25, 0.3) is 0 Å². The van der Waals surface area contributed by atoms with E-state index in [1.54, 1.807) is 26.8 Å². The van der Waals surface area contributed by atoms with Crippen LogP contribution >= 0.6 is 0 Å². The molecule has 0 aromatic carbocycles. The maximum atomic E-state index is 12.4. The third kappa shape index (κ3) is 2.90. The van der Waals surface area contributed by atoms with Crippen LogP contribution in [0.25, 0.3) is 5.52 Å². The average Bonchev–Trinajstić information content (AvgIpc) is 3.16. The molecular weight excluding hydrogens is 354 g/mol. The Labute approximate surface area is 155 Å². The van der Waals surface area contributed by atoms with E-state index in [9.17, 15) is 20.3 Å². The predicted molar refractivity (Wildman–Crippen MR) is 92.0 cm³/mol. The summed E-state index contributed by atoms with van der Waals surface area (Å²) >= 11 is 0. The summed E-state index contributed by atoms with van der Waals surface area (Å²) in [4.78, 5) is 16.3. The molecule has 144 valence electrons. The minimum atomic E-state index is -1.89. The van der Waals surface area contributed by atoms with Gasteiger partial charge in [-0.2, -0.15) is 10.4 Å². The zero-order valence-corrected chi connectivity index (χ0v) is 15.2. The fourth-order valence-electron chi connectivity index (χ4n) is 2.99. The van der Waals surface area contributed by atoms with E-state index in [1.165, 1.54) is 16.9 Å². The number of ether oxygens (including phenoxy) is 2. The van der Waals surface area contributed by atoms with Crippen LogP contribution in [0.5, 0.6) is 0 Å². The highest BCUT2D eigenvalue weighted by molar-refractivity contribution is 5.76. The van der Waals surface area contributed by atoms with Crippen molar-refractivity contribution in [1.29, 1.82) is 5.26 Å². The molecule has 3 rings (SSSR count). The molecular formula is C17H21N5O5. The maximum absolute atomic E-state index is 12.4. The number of aliphatic hydroxyl groups excluding tert-OH is 2. The van der Waals surface area contributed by atoms with Crippen LogP contribution in [0.15, 0.2) is 18.5 Å². The summed E-state index contributed by atoms with van der Waals surface area (Å²) in [6, 6.07) is 5.13. The number of nitrogen functional groups attached to an aromatic ring is 1. The largest absolute Gasteiger partial charge is 0.454 e. The molecule has 0 amide bonds. The molecule has 3 heterocycles. The van der Waals surface area contributed by atoms with Crippen molar-refractivity contribution in [2.24, 2.45) is 5.41 Å². The molecule has 0 spiro atoms. The first-order chi connectivity index (χ1) is 12.7. The highest BCUT2D eigenvalue weighted by Crippen LogP contribution is 2.42. The van der Waals surface area contributed by atoms with Gasteiger partial charge in [-0.25, -0.2) is 9.50 Å². The Bertz CT molecular complexity index is 915. The van der Waals surface area contributed by atoms with Crippen LogP contribution in [0.3, 0.4) is 0 Å². The first-order valence-electron chi connectivity index (χ1n) is 8.33. The molecule has 0 aliphatic carbocycles. The maximum Gasteiger partial charge on any atom is 0.311 e. The number of aromatic nitrogens is 3. The van der Waals surface area contributed by atoms with Crippen molar-refractivity contribution in [3.8, 4) is 6.07 Å². The third-order valence-corrected chi connectivity index (χ3v) is 4.48. The number of nitriles is 1. The van der Waals surface area contributed by atoms with E-state index in [0.29, 0.717) is 5.52 Å². The molecule has 0 saturated carbocycles. The summed E-state index contributed by atoms with van der Waals surface area (Å²) in [5.74, 6) is -0.437. The highest BCUT2D eigenvalue weighted by Gasteiger charge is 2.60. The van der Waals surface area contributed by atoms with Crippen molar-refractivity contribution in [2.75, 3.05) is 12.3 Å². The van der Waals surface area contributed by atoms with Crippen molar-refractivity contribution >= 4 is 17.3 Å². The van der Waals surface area contributed by atoms with Gasteiger partial charge in [0.15, 0.2) is 11.9 Å². The number of carbonyl (C=O) groups is 1. The van der Waals surface area contributed by atoms with Crippen LogP contribution in [0.2, 0.25) is 0 Å². The Balaban J connectivity index is 2.15. The second-order valence-electron chi connectivity index (χ2n) is 7.41. The van der Waals surface area contributed by atoms with Crippen molar-refractivity contribution in [3.63, 3.8) is 0 Å². The Morgan fingerprint density at radius 3 is 2.81 bits per heavy atom. The fourth-order valence-corrected chi connectivity index (χ4v) is 2.99. The monoisotopic (exact) mass is 375 g/mol. The minimum absolute atomic E-state index is 0.185. The fraction of sp³-hybridized carbons (Fsp3) is 0.529. The highest BCUT2D eigenvalue weighted by atomic mass is 16.6. The van der Waals surface area contributed by atoms with E-state index in [-0.39, 0.29) is 11.5 Å². The van der Waals surface area contributed by atoms with E-state index in [0.717, 1.165) is 0 Å². The average molecular weight is 375 g/mol. The number of esters is 1. The number of rotatable bonds is 3. The number of aliphatic hydroxyl groups is 2. The van der Waals surface area contributed by atoms with E-state index < -0.39 is 41.9 Å². The van der Waals surface area contributed by atoms with Crippen molar-refractivity contribution in [3.05, 3.63) is 24.2 Å². The lowest BCUT2D eigenvalue weighted by Gasteiger charge is -2.30. The topological polar surface area (TPSA) is 156 Å². The Hall–Kier alpha value is -2.74. The van der Waals surface area contributed by atoms with Gasteiger partial charge in [0.2, 0.25) is 5.60 Å². The molecule has 27 heavy (non-hydrogen) atoms. The zero-order valence-electron chi connectivity index (χ0n) is 15.2. The van der Waals surface area contributed by atoms with Gasteiger partial charge in [-0.15, -0.1) is 0 Å². The van der Waals surface area contributed by atoms with Gasteiger partial charge >= 0.3 is 5.97 Å². The summed E-state index contributed by atoms with van der Waals surface area (Å²) in [5, 5.41) is 34.2. The molecule has 4 atom stereocenters. The van der Waals surface area contributed by atoms with Crippen molar-refractivity contribution in [2.45, 2.75) is 44.7 Å². The molecule has 0 radical (unpaired) electrons. The molecule has 0 bridgehead atoms. The minimum Gasteiger partial charge on any atom is -0.454 e. The normalized spacial score (nSPS) is 28.2. The van der Waals surface area contributed by atoms with E-state index in [1.807, 2.05) is 6.07 Å². The lowest BCUT2D eigenvalue weighted by atomic mass is 9.91. The lowest BCUT2D eigenvalue weighted by Crippen LogP contribution is -2.46. The van der Waals surface area contributed by atoms with Crippen LogP contribution in [-0.2, 0) is 19.9 Å². The van der Waals surface area contributed by atoms with Gasteiger partial charge in [-0.05, 0) is 32.9 Å². The Morgan fingerprint density at radius 2 is 2.22 bits per heavy atom. The standard InChI is InChI=1S/C17H21N5O5/c1-16(2,3)15(25)26-13-12(24)10(6-23)27-17(13,7-18)11-5-4-9-14(19)20-8-21-22(9)11/h4-5,8,10,12-13,23-24H,6H2,1-3H3,(H2,19,20,21)/t10-,12-,13-,17+/m1/s1. The van der Waals surface area contributed by atoms with Crippen LogP contribution in [0, 0.1) is 16.7 Å². The molecule has 4 N–H and O–H groups in total. The van der Waals surface area contributed by atoms with Gasteiger partial charge in [-0.3, -0.25) is 4.79 Å². The first kappa shape index (κ1) is 19.0. The van der Waals surface area contributed by atoms with Gasteiger partial charge in [0.05, 0.1) is 17.7 Å². The number of nitrogens with two attached hydrogens (primary N) is 1. The quantitative estimate of drug-likeness (QED) is 0.615. The molecule has 1 aliphatic heterocycles. The van der Waals surface area contributed by atoms with E-state index >= 15 is 0 Å². The molecule has 2 aromatic heterocycles. The number of anilines is 1. The molecule has 2 aromatic rings. The van der Waals surface area contributed by atoms with Gasteiger partial charge in [0.1, 0.15) is 30.1 Å². The van der Waals surface area contributed by atoms with Crippen molar-refractivity contribution in [1.82, 2.24) is 14.6 Å². The summed E-state index contributed by atoms with van der Waals surface area (Å²) in [6.07, 6.45) is -2.69. The smallest absolute Gasteiger partial charge is 0.311 e. The lowest BCUT2D eigenvalue weighted by molar-refractivity contribution is -0.169. The molecule has 0 unspecified atom stereocenters. The summed E-state index contributed by atoms with van der Waals surface area (Å²) in [6.45, 7) is 4.38. The Kier molecular flexibility index (Phi) is 4.55. The SMILES string of the molecule is CC(C)(C)C(=O)O[C@@H]1[C@H](O)[C@@H](CO)O[C@@]1(C#N)c1ccc2c(N)ncnn12. The Morgan fingerprint density at radius 1 is 1.52 bits per heavy atom. The summed E-state index contributed by atoms with van der Waals surface area (Å²) < 4.78 is 12.6. The van der Waals surface area contributed by atoms with Crippen LogP contribution < -0.4 is 5.73 Å². The van der Waals surface area contributed by atoms with Gasteiger partial charge in [0, 0.05) is 0 Å². The number of carbonyl (C=O) groups excluding carboxylic acids is 1. The molecule has 10 heteroatoms. The van der Waals surface area contributed by atoms with Crippen LogP contribution in [-0.4, -0.2) is 55.7 Å². The second-order valence-corrected chi connectivity index (χ2v) is 7.41. The second kappa shape index (κ2) is 6.45. The van der Waals surface area contributed by atoms with Gasteiger partial charge < -0.3 is 25.4 Å². The molecule has 1 aliphatic rings. The van der Waals surface area contributed by atoms with Crippen LogP contribution in [0.4, 0.5) is 5.82 Å². The van der Waals surface area contributed by atoms with Crippen LogP contribution in [0.1, 0.15) is 26.5 Å². The van der Waals surface area contributed by atoms with Gasteiger partial charge in [-0.1, -0.05) is 0 Å². The summed E-state index contributed by atoms with van der Waals surface area (Å²) in [5.41, 5.74) is 3.71. The third-order valence-electron chi connectivity index (χ3n) is 4.48. The predicted octanol–water partition coefficient (Wildman–Crippen LogP) is -0.260. The number of hydrogen-bond acceptors (Lipinski definition) is 9. The molecule has 1 saturated heterocycles. The molecule has 10 nitrogen and oxygen atoms in total. The molecule has 1 fully saturated rings. The summed E-state index contributed by atoms with van der Waals surface area (Å²) in [7, 11) is 0. The number of nitrogens with zero attached hydrogens (tertiary/aromatic N) is 4. The number of fused-ring (bicyclic) bond motifs is 1. The van der Waals surface area contributed by atoms with E-state index in [4.69, 9.17) is 15.2 Å². The zero-order chi connectivity index (χ0) is 20.0. The van der Waals surface area contributed by atoms with Crippen molar-refractivity contribution < 1.29 is 24.5 Å². The van der Waals surface area contributed by atoms with E-state index in [2.05, 4.69) is 10.1 Å².